The Hall–Kier alpha value is -0.971. The van der Waals surface area contributed by atoms with Crippen LogP contribution in [0, 0.1) is 0 Å². The van der Waals surface area contributed by atoms with Gasteiger partial charge >= 0.3 is 133 Å². The maximum atomic E-state index is 12.0. The molecule has 0 aromatic heterocycles. The standard InChI is InChI=1S/C16H19O4Se/c1-18-15(12-8-5-4-6-9-12)11-7-10-13(14(17)21)16(15,19-2)20-3/h4-6,8-10H,7,11H2,1-3H3. The Kier molecular flexibility index (Phi) is 5.02. The van der Waals surface area contributed by atoms with Gasteiger partial charge in [-0.05, 0) is 0 Å². The van der Waals surface area contributed by atoms with Crippen LogP contribution in [0.2, 0.25) is 0 Å². The van der Waals surface area contributed by atoms with Crippen LogP contribution in [-0.2, 0) is 24.6 Å². The fraction of sp³-hybridized carbons (Fsp3) is 0.438. The van der Waals surface area contributed by atoms with Crippen LogP contribution in [0.1, 0.15) is 18.4 Å². The molecule has 1 radical (unpaired) electrons. The van der Waals surface area contributed by atoms with Gasteiger partial charge < -0.3 is 0 Å². The molecule has 4 nitrogen and oxygen atoms in total. The normalized spacial score (nSPS) is 24.4. The van der Waals surface area contributed by atoms with E-state index in [4.69, 9.17) is 14.2 Å². The van der Waals surface area contributed by atoms with E-state index in [1.165, 1.54) is 14.2 Å². The summed E-state index contributed by atoms with van der Waals surface area (Å²) in [7, 11) is 4.68. The molecule has 0 N–H and O–H groups in total. The van der Waals surface area contributed by atoms with Crippen molar-refractivity contribution in [3.8, 4) is 0 Å². The van der Waals surface area contributed by atoms with E-state index in [1.807, 2.05) is 36.4 Å². The molecule has 1 aliphatic carbocycles. The van der Waals surface area contributed by atoms with Gasteiger partial charge in [0.05, 0.1) is 0 Å². The number of benzene rings is 1. The SMILES string of the molecule is COC1(OC)C(C(=O)[Se])=CCCC1(OC)c1ccccc1. The molecule has 1 aromatic carbocycles. The zero-order valence-electron chi connectivity index (χ0n) is 12.4. The average Bonchev–Trinajstić information content (AvgIpc) is 2.54. The van der Waals surface area contributed by atoms with Gasteiger partial charge in [-0.2, -0.15) is 0 Å². The molecule has 0 amide bonds. The van der Waals surface area contributed by atoms with Gasteiger partial charge in [-0.25, -0.2) is 0 Å². The number of allylic oxidation sites excluding steroid dienone is 1. The Bertz CT molecular complexity index is 536. The molecule has 0 aliphatic heterocycles. The van der Waals surface area contributed by atoms with Gasteiger partial charge in [-0.15, -0.1) is 0 Å². The molecule has 5 heteroatoms. The molecule has 0 bridgehead atoms. The summed E-state index contributed by atoms with van der Waals surface area (Å²) in [6.07, 6.45) is 3.22. The fourth-order valence-electron chi connectivity index (χ4n) is 3.18. The first-order valence-electron chi connectivity index (χ1n) is 6.71. The van der Waals surface area contributed by atoms with Gasteiger partial charge in [-0.3, -0.25) is 0 Å². The number of ether oxygens (including phenoxy) is 3. The molecular weight excluding hydrogens is 335 g/mol. The first-order valence-corrected chi connectivity index (χ1v) is 7.56. The van der Waals surface area contributed by atoms with Crippen molar-refractivity contribution in [3.05, 3.63) is 47.5 Å². The van der Waals surface area contributed by atoms with E-state index in [0.717, 1.165) is 5.56 Å². The Morgan fingerprint density at radius 2 is 1.71 bits per heavy atom. The van der Waals surface area contributed by atoms with Crippen molar-refractivity contribution in [1.82, 2.24) is 0 Å². The van der Waals surface area contributed by atoms with E-state index in [2.05, 4.69) is 16.0 Å². The predicted molar refractivity (Wildman–Crippen MR) is 80.0 cm³/mol. The Morgan fingerprint density at radius 3 is 2.19 bits per heavy atom. The van der Waals surface area contributed by atoms with Crippen molar-refractivity contribution >= 4 is 20.7 Å². The van der Waals surface area contributed by atoms with Gasteiger partial charge in [0.25, 0.3) is 0 Å². The minimum absolute atomic E-state index is 0.198. The van der Waals surface area contributed by atoms with Gasteiger partial charge in [0, 0.05) is 0 Å². The Labute approximate surface area is 133 Å². The van der Waals surface area contributed by atoms with Crippen molar-refractivity contribution < 1.29 is 19.0 Å². The van der Waals surface area contributed by atoms with Crippen LogP contribution in [-0.4, -0.2) is 47.8 Å². The van der Waals surface area contributed by atoms with Gasteiger partial charge in [0.2, 0.25) is 0 Å². The van der Waals surface area contributed by atoms with Gasteiger partial charge in [0.15, 0.2) is 0 Å². The molecule has 1 aliphatic rings. The van der Waals surface area contributed by atoms with Crippen LogP contribution >= 0.6 is 0 Å². The first-order chi connectivity index (χ1) is 10.1. The predicted octanol–water partition coefficient (Wildman–Crippen LogP) is 1.93. The van der Waals surface area contributed by atoms with Crippen molar-refractivity contribution in [2.45, 2.75) is 24.2 Å². The Morgan fingerprint density at radius 1 is 1.10 bits per heavy atom. The van der Waals surface area contributed by atoms with Crippen LogP contribution in [0.5, 0.6) is 0 Å². The second-order valence-corrected chi connectivity index (χ2v) is 5.64. The van der Waals surface area contributed by atoms with Crippen molar-refractivity contribution in [2.75, 3.05) is 21.3 Å². The molecule has 1 aromatic rings. The van der Waals surface area contributed by atoms with Crippen molar-refractivity contribution in [1.29, 1.82) is 0 Å². The zero-order chi connectivity index (χ0) is 15.5. The molecule has 1 unspecified atom stereocenters. The summed E-state index contributed by atoms with van der Waals surface area (Å²) >= 11 is 2.52. The third kappa shape index (κ3) is 2.39. The summed E-state index contributed by atoms with van der Waals surface area (Å²) in [5.74, 6) is -1.27. The van der Waals surface area contributed by atoms with E-state index in [1.54, 1.807) is 7.11 Å². The Balaban J connectivity index is 2.69. The summed E-state index contributed by atoms with van der Waals surface area (Å²) in [4.78, 5) is 12.0. The molecule has 21 heavy (non-hydrogen) atoms. The van der Waals surface area contributed by atoms with Crippen LogP contribution in [0.3, 0.4) is 0 Å². The van der Waals surface area contributed by atoms with Crippen LogP contribution < -0.4 is 0 Å². The van der Waals surface area contributed by atoms with Gasteiger partial charge in [0.1, 0.15) is 0 Å². The quantitative estimate of drug-likeness (QED) is 0.599. The monoisotopic (exact) mass is 355 g/mol. The number of carbonyl (C=O) groups excluding carboxylic acids is 1. The van der Waals surface area contributed by atoms with Crippen molar-refractivity contribution in [3.63, 3.8) is 0 Å². The number of hydrogen-bond donors (Lipinski definition) is 0. The number of methoxy groups -OCH3 is 3. The first kappa shape index (κ1) is 16.4. The summed E-state index contributed by atoms with van der Waals surface area (Å²) in [6, 6.07) is 9.73. The van der Waals surface area contributed by atoms with E-state index in [-0.39, 0.29) is 4.68 Å². The molecule has 1 atom stereocenters. The molecule has 0 spiro atoms. The molecule has 113 valence electrons. The molecule has 0 heterocycles. The van der Waals surface area contributed by atoms with Gasteiger partial charge in [-0.1, -0.05) is 0 Å². The van der Waals surface area contributed by atoms with E-state index in [9.17, 15) is 4.79 Å². The van der Waals surface area contributed by atoms with E-state index < -0.39 is 11.4 Å². The molecular formula is C16H19O4Se. The molecule has 2 rings (SSSR count). The molecule has 0 saturated carbocycles. The van der Waals surface area contributed by atoms with E-state index in [0.29, 0.717) is 18.4 Å². The molecule has 0 fully saturated rings. The zero-order valence-corrected chi connectivity index (χ0v) is 14.1. The van der Waals surface area contributed by atoms with Crippen LogP contribution in [0.25, 0.3) is 0 Å². The minimum atomic E-state index is -1.27. The summed E-state index contributed by atoms with van der Waals surface area (Å²) in [5, 5.41) is 0. The third-order valence-electron chi connectivity index (χ3n) is 4.11. The summed E-state index contributed by atoms with van der Waals surface area (Å²) < 4.78 is 17.1. The molecule has 0 saturated heterocycles. The van der Waals surface area contributed by atoms with Crippen molar-refractivity contribution in [2.24, 2.45) is 0 Å². The summed E-state index contributed by atoms with van der Waals surface area (Å²) in [6.45, 7) is 0. The van der Waals surface area contributed by atoms with Crippen LogP contribution in [0.4, 0.5) is 0 Å². The number of rotatable bonds is 5. The number of hydrogen-bond acceptors (Lipinski definition) is 4. The second kappa shape index (κ2) is 6.42. The van der Waals surface area contributed by atoms with Crippen LogP contribution in [0.15, 0.2) is 42.0 Å². The summed E-state index contributed by atoms with van der Waals surface area (Å²) in [5.41, 5.74) is 0.494. The fourth-order valence-corrected chi connectivity index (χ4v) is 3.64. The third-order valence-corrected chi connectivity index (χ3v) is 4.58. The van der Waals surface area contributed by atoms with E-state index >= 15 is 0 Å². The average molecular weight is 354 g/mol. The second-order valence-electron chi connectivity index (χ2n) is 4.87. The maximum absolute atomic E-state index is 12.0. The number of carbonyl (C=O) groups is 1. The topological polar surface area (TPSA) is 44.8 Å².